The lowest BCUT2D eigenvalue weighted by Gasteiger charge is -2.16. The number of nitrogens with zero attached hydrogens (tertiary/aromatic N) is 1. The third-order valence-corrected chi connectivity index (χ3v) is 3.69. The van der Waals surface area contributed by atoms with Crippen LogP contribution in [0, 0.1) is 6.92 Å². The molecular weight excluding hydrogens is 208 g/mol. The highest BCUT2D eigenvalue weighted by Crippen LogP contribution is 2.24. The molecule has 1 aromatic carbocycles. The first-order valence-electron chi connectivity index (χ1n) is 6.55. The summed E-state index contributed by atoms with van der Waals surface area (Å²) in [6.45, 7) is 5.56. The van der Waals surface area contributed by atoms with Crippen molar-refractivity contribution in [2.45, 2.75) is 38.8 Å². The minimum Gasteiger partial charge on any atom is -0.343 e. The van der Waals surface area contributed by atoms with Gasteiger partial charge in [0, 0.05) is 35.7 Å². The number of aryl methyl sites for hydroxylation is 1. The maximum Gasteiger partial charge on any atom is 0.0485 e. The summed E-state index contributed by atoms with van der Waals surface area (Å²) in [6.07, 6.45) is 5.00. The molecule has 0 radical (unpaired) electrons. The minimum atomic E-state index is 0.522. The molecule has 1 saturated carbocycles. The molecule has 1 aliphatic carbocycles. The van der Waals surface area contributed by atoms with Gasteiger partial charge in [-0.1, -0.05) is 18.2 Å². The van der Waals surface area contributed by atoms with Gasteiger partial charge in [0.15, 0.2) is 0 Å². The molecule has 2 heteroatoms. The highest BCUT2D eigenvalue weighted by Gasteiger charge is 2.21. The number of nitrogens with one attached hydrogen (secondary N) is 1. The smallest absolute Gasteiger partial charge is 0.0485 e. The lowest BCUT2D eigenvalue weighted by atomic mass is 10.2. The van der Waals surface area contributed by atoms with Gasteiger partial charge in [0.2, 0.25) is 0 Å². The number of benzene rings is 1. The molecular formula is C15H20N2. The largest absolute Gasteiger partial charge is 0.343 e. The van der Waals surface area contributed by atoms with Crippen molar-refractivity contribution in [3.63, 3.8) is 0 Å². The Balaban J connectivity index is 1.87. The zero-order chi connectivity index (χ0) is 11.8. The Labute approximate surface area is 103 Å². The second kappa shape index (κ2) is 4.19. The van der Waals surface area contributed by atoms with E-state index in [1.807, 2.05) is 0 Å². The predicted molar refractivity (Wildman–Crippen MR) is 72.4 cm³/mol. The van der Waals surface area contributed by atoms with E-state index in [4.69, 9.17) is 0 Å². The molecule has 1 atom stereocenters. The summed E-state index contributed by atoms with van der Waals surface area (Å²) in [5.41, 5.74) is 2.73. The molecule has 90 valence electrons. The van der Waals surface area contributed by atoms with Crippen molar-refractivity contribution in [3.05, 3.63) is 36.0 Å². The molecule has 1 heterocycles. The van der Waals surface area contributed by atoms with Crippen LogP contribution in [0.15, 0.2) is 30.5 Å². The van der Waals surface area contributed by atoms with E-state index in [9.17, 15) is 0 Å². The summed E-state index contributed by atoms with van der Waals surface area (Å²) >= 11 is 0. The molecule has 3 rings (SSSR count). The molecule has 0 amide bonds. The third kappa shape index (κ3) is 2.09. The molecule has 0 saturated heterocycles. The van der Waals surface area contributed by atoms with Gasteiger partial charge < -0.3 is 9.88 Å². The first-order chi connectivity index (χ1) is 8.25. The van der Waals surface area contributed by atoms with Crippen LogP contribution in [0.3, 0.4) is 0 Å². The zero-order valence-corrected chi connectivity index (χ0v) is 10.6. The Bertz CT molecular complexity index is 523. The normalized spacial score (nSPS) is 17.5. The average Bonchev–Trinajstić information content (AvgIpc) is 3.11. The fourth-order valence-electron chi connectivity index (χ4n) is 2.47. The van der Waals surface area contributed by atoms with Gasteiger partial charge in [0.25, 0.3) is 0 Å². The summed E-state index contributed by atoms with van der Waals surface area (Å²) < 4.78 is 2.40. The quantitative estimate of drug-likeness (QED) is 0.850. The Morgan fingerprint density at radius 3 is 2.88 bits per heavy atom. The molecule has 1 N–H and O–H groups in total. The summed E-state index contributed by atoms with van der Waals surface area (Å²) in [6, 6.07) is 9.99. The van der Waals surface area contributed by atoms with Crippen LogP contribution in [-0.2, 0) is 0 Å². The van der Waals surface area contributed by atoms with Crippen LogP contribution in [0.2, 0.25) is 0 Å². The molecule has 2 nitrogen and oxygen atoms in total. The standard InChI is InChI=1S/C15H20N2/c1-11-10-17(12(2)9-16-13-7-8-13)15-6-4-3-5-14(11)15/h3-6,10,12-13,16H,7-9H2,1-2H3. The number of fused-ring (bicyclic) bond motifs is 1. The summed E-state index contributed by atoms with van der Waals surface area (Å²) in [4.78, 5) is 0. The van der Waals surface area contributed by atoms with E-state index in [0.29, 0.717) is 6.04 Å². The van der Waals surface area contributed by atoms with Crippen molar-refractivity contribution in [3.8, 4) is 0 Å². The topological polar surface area (TPSA) is 17.0 Å². The van der Waals surface area contributed by atoms with Crippen molar-refractivity contribution in [1.29, 1.82) is 0 Å². The highest BCUT2D eigenvalue weighted by atomic mass is 15.1. The molecule has 0 bridgehead atoms. The predicted octanol–water partition coefficient (Wildman–Crippen LogP) is 3.26. The van der Waals surface area contributed by atoms with Gasteiger partial charge in [0.1, 0.15) is 0 Å². The van der Waals surface area contributed by atoms with E-state index in [2.05, 4.69) is 54.2 Å². The molecule has 1 aliphatic rings. The van der Waals surface area contributed by atoms with Crippen molar-refractivity contribution in [1.82, 2.24) is 9.88 Å². The maximum atomic E-state index is 3.61. The van der Waals surface area contributed by atoms with Crippen LogP contribution in [0.5, 0.6) is 0 Å². The van der Waals surface area contributed by atoms with Gasteiger partial charge in [0.05, 0.1) is 0 Å². The van der Waals surface area contributed by atoms with Crippen LogP contribution in [-0.4, -0.2) is 17.2 Å². The fourth-order valence-corrected chi connectivity index (χ4v) is 2.47. The van der Waals surface area contributed by atoms with Crippen LogP contribution in [0.1, 0.15) is 31.4 Å². The summed E-state index contributed by atoms with van der Waals surface area (Å²) in [5, 5.41) is 4.99. The Hall–Kier alpha value is -1.28. The second-order valence-corrected chi connectivity index (χ2v) is 5.27. The first-order valence-corrected chi connectivity index (χ1v) is 6.55. The van der Waals surface area contributed by atoms with Gasteiger partial charge in [-0.05, 0) is 38.3 Å². The minimum absolute atomic E-state index is 0.522. The Morgan fingerprint density at radius 2 is 2.12 bits per heavy atom. The van der Waals surface area contributed by atoms with Gasteiger partial charge in [-0.25, -0.2) is 0 Å². The number of hydrogen-bond acceptors (Lipinski definition) is 1. The summed E-state index contributed by atoms with van der Waals surface area (Å²) in [5.74, 6) is 0. The third-order valence-electron chi connectivity index (χ3n) is 3.69. The second-order valence-electron chi connectivity index (χ2n) is 5.27. The number of para-hydroxylation sites is 1. The van der Waals surface area contributed by atoms with E-state index >= 15 is 0 Å². The van der Waals surface area contributed by atoms with E-state index < -0.39 is 0 Å². The van der Waals surface area contributed by atoms with Crippen LogP contribution >= 0.6 is 0 Å². The van der Waals surface area contributed by atoms with Gasteiger partial charge in [-0.2, -0.15) is 0 Å². The Kier molecular flexibility index (Phi) is 2.67. The molecule has 2 aromatic rings. The van der Waals surface area contributed by atoms with Gasteiger partial charge in [-0.15, -0.1) is 0 Å². The Morgan fingerprint density at radius 1 is 1.35 bits per heavy atom. The van der Waals surface area contributed by atoms with Crippen molar-refractivity contribution in [2.24, 2.45) is 0 Å². The summed E-state index contributed by atoms with van der Waals surface area (Å²) in [7, 11) is 0. The number of rotatable bonds is 4. The van der Waals surface area contributed by atoms with Crippen LogP contribution < -0.4 is 5.32 Å². The molecule has 1 unspecified atom stereocenters. The van der Waals surface area contributed by atoms with Gasteiger partial charge in [-0.3, -0.25) is 0 Å². The highest BCUT2D eigenvalue weighted by molar-refractivity contribution is 5.83. The molecule has 1 fully saturated rings. The first kappa shape index (κ1) is 10.8. The lowest BCUT2D eigenvalue weighted by Crippen LogP contribution is -2.24. The van der Waals surface area contributed by atoms with E-state index in [1.54, 1.807) is 0 Å². The molecule has 17 heavy (non-hydrogen) atoms. The van der Waals surface area contributed by atoms with Crippen molar-refractivity contribution < 1.29 is 0 Å². The fraction of sp³-hybridized carbons (Fsp3) is 0.467. The number of aromatic nitrogens is 1. The molecule has 0 aliphatic heterocycles. The van der Waals surface area contributed by atoms with E-state index in [1.165, 1.54) is 29.3 Å². The molecule has 1 aromatic heterocycles. The SMILES string of the molecule is Cc1cn(C(C)CNC2CC2)c2ccccc12. The van der Waals surface area contributed by atoms with Gasteiger partial charge >= 0.3 is 0 Å². The average molecular weight is 228 g/mol. The van der Waals surface area contributed by atoms with E-state index in [-0.39, 0.29) is 0 Å². The maximum absolute atomic E-state index is 3.61. The van der Waals surface area contributed by atoms with E-state index in [0.717, 1.165) is 12.6 Å². The van der Waals surface area contributed by atoms with Crippen molar-refractivity contribution in [2.75, 3.05) is 6.54 Å². The van der Waals surface area contributed by atoms with Crippen LogP contribution in [0.25, 0.3) is 10.9 Å². The van der Waals surface area contributed by atoms with Crippen LogP contribution in [0.4, 0.5) is 0 Å². The lowest BCUT2D eigenvalue weighted by molar-refractivity contribution is 0.503. The van der Waals surface area contributed by atoms with Crippen molar-refractivity contribution >= 4 is 10.9 Å². The number of hydrogen-bond donors (Lipinski definition) is 1. The molecule has 0 spiro atoms. The monoisotopic (exact) mass is 228 g/mol. The zero-order valence-electron chi connectivity index (χ0n) is 10.6.